The van der Waals surface area contributed by atoms with Crippen LogP contribution in [0.25, 0.3) is 0 Å². The molecule has 7 nitrogen and oxygen atoms in total. The Morgan fingerprint density at radius 3 is 2.91 bits per heavy atom. The summed E-state index contributed by atoms with van der Waals surface area (Å²) in [6.45, 7) is 3.38. The molecular weight excluding hydrogens is 320 g/mol. The summed E-state index contributed by atoms with van der Waals surface area (Å²) in [6, 6.07) is 3.95. The molecule has 0 aliphatic carbocycles. The molecule has 2 heterocycles. The second kappa shape index (κ2) is 8.54. The third-order valence-electron chi connectivity index (χ3n) is 2.64. The van der Waals surface area contributed by atoms with Gasteiger partial charge in [0.2, 0.25) is 11.0 Å². The molecule has 0 saturated carbocycles. The molecule has 0 saturated heterocycles. The molecule has 9 heteroatoms. The van der Waals surface area contributed by atoms with Crippen molar-refractivity contribution >= 4 is 40.0 Å². The van der Waals surface area contributed by atoms with Gasteiger partial charge in [-0.15, -0.1) is 10.2 Å². The Hall–Kier alpha value is -1.87. The first kappa shape index (κ1) is 16.5. The lowest BCUT2D eigenvalue weighted by molar-refractivity contribution is -0.118. The van der Waals surface area contributed by atoms with Gasteiger partial charge in [-0.05, 0) is 25.0 Å². The molecule has 2 rings (SSSR count). The summed E-state index contributed by atoms with van der Waals surface area (Å²) >= 11 is 2.62. The van der Waals surface area contributed by atoms with Gasteiger partial charge < -0.3 is 16.4 Å². The van der Waals surface area contributed by atoms with E-state index >= 15 is 0 Å². The lowest BCUT2D eigenvalue weighted by Gasteiger charge is -2.06. The summed E-state index contributed by atoms with van der Waals surface area (Å²) in [4.78, 5) is 15.9. The molecule has 0 radical (unpaired) electrons. The van der Waals surface area contributed by atoms with E-state index in [0.717, 1.165) is 24.3 Å². The van der Waals surface area contributed by atoms with E-state index in [1.165, 1.54) is 23.1 Å². The molecule has 0 spiro atoms. The number of nitrogen functional groups attached to an aromatic ring is 1. The average Bonchev–Trinajstić information content (AvgIpc) is 2.92. The molecule has 2 aromatic heterocycles. The van der Waals surface area contributed by atoms with Crippen molar-refractivity contribution in [1.29, 1.82) is 0 Å². The maximum Gasteiger partial charge on any atom is 0.230 e. The molecule has 0 aliphatic rings. The maximum absolute atomic E-state index is 11.7. The van der Waals surface area contributed by atoms with Crippen molar-refractivity contribution in [2.75, 3.05) is 29.9 Å². The molecule has 4 N–H and O–H groups in total. The third kappa shape index (κ3) is 5.86. The number of thioether (sulfide) groups is 1. The van der Waals surface area contributed by atoms with E-state index in [1.54, 1.807) is 0 Å². The Kier molecular flexibility index (Phi) is 6.41. The first-order chi connectivity index (χ1) is 10.6. The van der Waals surface area contributed by atoms with Crippen molar-refractivity contribution in [1.82, 2.24) is 20.5 Å². The summed E-state index contributed by atoms with van der Waals surface area (Å²) in [7, 11) is 0. The smallest absolute Gasteiger partial charge is 0.230 e. The van der Waals surface area contributed by atoms with Gasteiger partial charge in [0.25, 0.3) is 0 Å². The van der Waals surface area contributed by atoms with Gasteiger partial charge in [0.15, 0.2) is 4.34 Å². The standard InChI is InChI=1S/C13H18N6OS2/c1-9-3-4-10(17-7-9)15-5-2-6-16-11(20)8-21-13-19-18-12(14)22-13/h3-4,7H,2,5-6,8H2,1H3,(H2,14,18)(H,15,17)(H,16,20). The first-order valence-electron chi connectivity index (χ1n) is 6.78. The van der Waals surface area contributed by atoms with Crippen LogP contribution in [0.2, 0.25) is 0 Å². The van der Waals surface area contributed by atoms with Crippen LogP contribution in [-0.2, 0) is 4.79 Å². The number of carbonyl (C=O) groups is 1. The van der Waals surface area contributed by atoms with Crippen LogP contribution in [0.5, 0.6) is 0 Å². The van der Waals surface area contributed by atoms with E-state index in [2.05, 4.69) is 25.8 Å². The monoisotopic (exact) mass is 338 g/mol. The summed E-state index contributed by atoms with van der Waals surface area (Å²) in [6.07, 6.45) is 2.65. The number of aryl methyl sites for hydroxylation is 1. The fourth-order valence-corrected chi connectivity index (χ4v) is 3.03. The van der Waals surface area contributed by atoms with E-state index in [1.807, 2.05) is 25.3 Å². The van der Waals surface area contributed by atoms with Gasteiger partial charge in [-0.1, -0.05) is 29.2 Å². The summed E-state index contributed by atoms with van der Waals surface area (Å²) in [5.74, 6) is 1.15. The van der Waals surface area contributed by atoms with Crippen LogP contribution in [0.3, 0.4) is 0 Å². The highest BCUT2D eigenvalue weighted by Crippen LogP contribution is 2.22. The number of amides is 1. The third-order valence-corrected chi connectivity index (χ3v) is 4.53. The first-order valence-corrected chi connectivity index (χ1v) is 8.58. The highest BCUT2D eigenvalue weighted by molar-refractivity contribution is 8.01. The average molecular weight is 338 g/mol. The molecule has 0 atom stereocenters. The number of nitrogens with one attached hydrogen (secondary N) is 2. The lowest BCUT2D eigenvalue weighted by atomic mass is 10.3. The van der Waals surface area contributed by atoms with Gasteiger partial charge in [-0.2, -0.15) is 0 Å². The zero-order chi connectivity index (χ0) is 15.8. The number of nitrogens with two attached hydrogens (primary N) is 1. The van der Waals surface area contributed by atoms with E-state index in [9.17, 15) is 4.79 Å². The van der Waals surface area contributed by atoms with Gasteiger partial charge >= 0.3 is 0 Å². The molecule has 0 bridgehead atoms. The fourth-order valence-electron chi connectivity index (χ4n) is 1.56. The van der Waals surface area contributed by atoms with Crippen LogP contribution in [0.15, 0.2) is 22.7 Å². The number of carbonyl (C=O) groups excluding carboxylic acids is 1. The fraction of sp³-hybridized carbons (Fsp3) is 0.385. The molecule has 0 aliphatic heterocycles. The molecule has 22 heavy (non-hydrogen) atoms. The predicted octanol–water partition coefficient (Wildman–Crippen LogP) is 1.53. The van der Waals surface area contributed by atoms with Crippen LogP contribution in [0.4, 0.5) is 10.9 Å². The number of aromatic nitrogens is 3. The summed E-state index contributed by atoms with van der Waals surface area (Å²) in [5, 5.41) is 14.0. The summed E-state index contributed by atoms with van der Waals surface area (Å²) in [5.41, 5.74) is 6.61. The Morgan fingerprint density at radius 1 is 1.36 bits per heavy atom. The maximum atomic E-state index is 11.7. The van der Waals surface area contributed by atoms with Crippen LogP contribution in [0.1, 0.15) is 12.0 Å². The van der Waals surface area contributed by atoms with Crippen molar-refractivity contribution in [2.24, 2.45) is 0 Å². The van der Waals surface area contributed by atoms with Gasteiger partial charge in [0.1, 0.15) is 5.82 Å². The zero-order valence-electron chi connectivity index (χ0n) is 12.2. The highest BCUT2D eigenvalue weighted by Gasteiger charge is 2.06. The predicted molar refractivity (Wildman–Crippen MR) is 90.1 cm³/mol. The van der Waals surface area contributed by atoms with Crippen molar-refractivity contribution in [3.05, 3.63) is 23.9 Å². The number of nitrogens with zero attached hydrogens (tertiary/aromatic N) is 3. The Morgan fingerprint density at radius 2 is 2.23 bits per heavy atom. The van der Waals surface area contributed by atoms with Gasteiger partial charge in [0, 0.05) is 19.3 Å². The van der Waals surface area contributed by atoms with Gasteiger partial charge in [0.05, 0.1) is 5.75 Å². The van der Waals surface area contributed by atoms with Gasteiger partial charge in [-0.25, -0.2) is 4.98 Å². The van der Waals surface area contributed by atoms with Crippen LogP contribution < -0.4 is 16.4 Å². The molecule has 0 unspecified atom stereocenters. The van der Waals surface area contributed by atoms with E-state index in [4.69, 9.17) is 5.73 Å². The molecule has 2 aromatic rings. The van der Waals surface area contributed by atoms with Crippen LogP contribution in [0, 0.1) is 6.92 Å². The Bertz CT molecular complexity index is 601. The topological polar surface area (TPSA) is 106 Å². The van der Waals surface area contributed by atoms with Crippen LogP contribution >= 0.6 is 23.1 Å². The SMILES string of the molecule is Cc1ccc(NCCCNC(=O)CSc2nnc(N)s2)nc1. The number of hydrogen-bond donors (Lipinski definition) is 3. The minimum absolute atomic E-state index is 0.0211. The van der Waals surface area contributed by atoms with E-state index in [0.29, 0.717) is 21.8 Å². The second-order valence-corrected chi connectivity index (χ2v) is 6.78. The zero-order valence-corrected chi connectivity index (χ0v) is 13.8. The molecule has 1 amide bonds. The number of hydrogen-bond acceptors (Lipinski definition) is 8. The molecule has 118 valence electrons. The lowest BCUT2D eigenvalue weighted by Crippen LogP contribution is -2.27. The van der Waals surface area contributed by atoms with Crippen molar-refractivity contribution in [2.45, 2.75) is 17.7 Å². The van der Waals surface area contributed by atoms with Crippen molar-refractivity contribution in [3.63, 3.8) is 0 Å². The highest BCUT2D eigenvalue weighted by atomic mass is 32.2. The molecular formula is C13H18N6OS2. The van der Waals surface area contributed by atoms with E-state index in [-0.39, 0.29) is 5.91 Å². The quantitative estimate of drug-likeness (QED) is 0.495. The van der Waals surface area contributed by atoms with Crippen molar-refractivity contribution < 1.29 is 4.79 Å². The Balaban J connectivity index is 1.54. The number of rotatable bonds is 8. The summed E-state index contributed by atoms with van der Waals surface area (Å²) < 4.78 is 0.708. The molecule has 0 fully saturated rings. The second-order valence-electron chi connectivity index (χ2n) is 4.55. The number of anilines is 2. The largest absolute Gasteiger partial charge is 0.374 e. The van der Waals surface area contributed by atoms with E-state index < -0.39 is 0 Å². The molecule has 0 aromatic carbocycles. The van der Waals surface area contributed by atoms with Crippen LogP contribution in [-0.4, -0.2) is 39.9 Å². The van der Waals surface area contributed by atoms with Gasteiger partial charge in [-0.3, -0.25) is 4.79 Å². The van der Waals surface area contributed by atoms with Crippen molar-refractivity contribution in [3.8, 4) is 0 Å². The normalized spacial score (nSPS) is 10.4. The Labute approximate surface area is 137 Å². The minimum Gasteiger partial charge on any atom is -0.374 e. The number of pyridine rings is 1. The minimum atomic E-state index is -0.0211.